The molecule has 6 heteroatoms. The monoisotopic (exact) mass is 265 g/mol. The van der Waals surface area contributed by atoms with Gasteiger partial charge >= 0.3 is 5.97 Å². The average Bonchev–Trinajstić information content (AvgIpc) is 2.80. The van der Waals surface area contributed by atoms with Gasteiger partial charge in [0.15, 0.2) is 0 Å². The quantitative estimate of drug-likeness (QED) is 0.441. The van der Waals surface area contributed by atoms with Crippen LogP contribution >= 0.6 is 0 Å². The largest absolute Gasteiger partial charge is 0.461 e. The van der Waals surface area contributed by atoms with Crippen LogP contribution in [0, 0.1) is 0 Å². The maximum absolute atomic E-state index is 11.9. The second-order valence-electron chi connectivity index (χ2n) is 4.09. The number of carbonyl (C=O) groups excluding carboxylic acids is 2. The highest BCUT2D eigenvalue weighted by atomic mass is 16.5. The summed E-state index contributed by atoms with van der Waals surface area (Å²) in [5.74, 6) is -0.709. The molecule has 104 valence electrons. The average molecular weight is 265 g/mol. The molecule has 0 aromatic carbocycles. The Bertz CT molecular complexity index is 489. The molecule has 1 heterocycles. The zero-order chi connectivity index (χ0) is 14.4. The van der Waals surface area contributed by atoms with Crippen molar-refractivity contribution in [2.24, 2.45) is 0 Å². The van der Waals surface area contributed by atoms with Crippen molar-refractivity contribution < 1.29 is 14.3 Å². The van der Waals surface area contributed by atoms with Crippen molar-refractivity contribution in [2.45, 2.75) is 20.4 Å². The van der Waals surface area contributed by atoms with Crippen molar-refractivity contribution in [3.8, 4) is 0 Å². The summed E-state index contributed by atoms with van der Waals surface area (Å²) >= 11 is 0. The molecule has 0 fully saturated rings. The summed E-state index contributed by atoms with van der Waals surface area (Å²) in [6, 6.07) is 1.46. The summed E-state index contributed by atoms with van der Waals surface area (Å²) in [4.78, 5) is 25.3. The van der Waals surface area contributed by atoms with E-state index >= 15 is 0 Å². The summed E-state index contributed by atoms with van der Waals surface area (Å²) in [6.45, 7) is 4.37. The number of aromatic nitrogens is 2. The molecule has 0 aliphatic rings. The van der Waals surface area contributed by atoms with Gasteiger partial charge in [-0.15, -0.1) is 0 Å². The van der Waals surface area contributed by atoms with E-state index < -0.39 is 5.97 Å². The van der Waals surface area contributed by atoms with Gasteiger partial charge in [-0.05, 0) is 13.8 Å². The Morgan fingerprint density at radius 2 is 2.11 bits per heavy atom. The third-order valence-corrected chi connectivity index (χ3v) is 2.34. The zero-order valence-electron chi connectivity index (χ0n) is 11.7. The van der Waals surface area contributed by atoms with Gasteiger partial charge in [-0.3, -0.25) is 9.48 Å². The molecule has 0 atom stereocenters. The van der Waals surface area contributed by atoms with E-state index in [0.29, 0.717) is 12.2 Å². The predicted octanol–water partition coefficient (Wildman–Crippen LogP) is 1.34. The number of ether oxygens (including phenoxy) is 1. The smallest absolute Gasteiger partial charge is 0.356 e. The SMILES string of the molecule is CCOC(=O)c1cc(C(=O)/C=C\N(C)C)nn1CC. The number of rotatable bonds is 6. The summed E-state index contributed by atoms with van der Waals surface area (Å²) in [5.41, 5.74) is 0.536. The number of nitrogens with zero attached hydrogens (tertiary/aromatic N) is 3. The number of hydrogen-bond acceptors (Lipinski definition) is 5. The van der Waals surface area contributed by atoms with Gasteiger partial charge in [0.2, 0.25) is 5.78 Å². The van der Waals surface area contributed by atoms with Crippen molar-refractivity contribution in [3.63, 3.8) is 0 Å². The lowest BCUT2D eigenvalue weighted by Crippen LogP contribution is -2.12. The summed E-state index contributed by atoms with van der Waals surface area (Å²) in [5, 5.41) is 4.11. The molecule has 6 nitrogen and oxygen atoms in total. The van der Waals surface area contributed by atoms with E-state index in [1.165, 1.54) is 16.8 Å². The predicted molar refractivity (Wildman–Crippen MR) is 71.0 cm³/mol. The molecule has 0 aliphatic heterocycles. The minimum Gasteiger partial charge on any atom is -0.461 e. The van der Waals surface area contributed by atoms with Crippen molar-refractivity contribution in [3.05, 3.63) is 29.7 Å². The lowest BCUT2D eigenvalue weighted by atomic mass is 10.2. The maximum Gasteiger partial charge on any atom is 0.356 e. The van der Waals surface area contributed by atoms with E-state index in [2.05, 4.69) is 5.10 Å². The number of carbonyl (C=O) groups is 2. The molecule has 1 rings (SSSR count). The van der Waals surface area contributed by atoms with E-state index in [4.69, 9.17) is 4.74 Å². The van der Waals surface area contributed by atoms with Crippen molar-refractivity contribution in [2.75, 3.05) is 20.7 Å². The number of allylic oxidation sites excluding steroid dienone is 1. The number of ketones is 1. The van der Waals surface area contributed by atoms with Gasteiger partial charge in [0.25, 0.3) is 0 Å². The van der Waals surface area contributed by atoms with Crippen LogP contribution in [0.3, 0.4) is 0 Å². The number of aryl methyl sites for hydroxylation is 1. The first kappa shape index (κ1) is 14.9. The van der Waals surface area contributed by atoms with Crippen LogP contribution in [-0.2, 0) is 11.3 Å². The first-order valence-corrected chi connectivity index (χ1v) is 6.13. The zero-order valence-corrected chi connectivity index (χ0v) is 11.7. The van der Waals surface area contributed by atoms with Gasteiger partial charge in [0.1, 0.15) is 11.4 Å². The number of esters is 1. The van der Waals surface area contributed by atoms with Crippen molar-refractivity contribution >= 4 is 11.8 Å². The van der Waals surface area contributed by atoms with Crippen molar-refractivity contribution in [1.82, 2.24) is 14.7 Å². The molecular weight excluding hydrogens is 246 g/mol. The highest BCUT2D eigenvalue weighted by molar-refractivity contribution is 6.04. The van der Waals surface area contributed by atoms with Crippen LogP contribution in [0.4, 0.5) is 0 Å². The van der Waals surface area contributed by atoms with Crippen LogP contribution in [0.5, 0.6) is 0 Å². The van der Waals surface area contributed by atoms with Crippen LogP contribution in [0.15, 0.2) is 18.3 Å². The van der Waals surface area contributed by atoms with Crippen LogP contribution in [0.2, 0.25) is 0 Å². The Labute approximate surface area is 112 Å². The van der Waals surface area contributed by atoms with Crippen LogP contribution in [-0.4, -0.2) is 47.1 Å². The molecule has 0 saturated heterocycles. The van der Waals surface area contributed by atoms with Gasteiger partial charge in [0, 0.05) is 39.0 Å². The standard InChI is InChI=1S/C13H19N3O3/c1-5-16-11(13(18)19-6-2)9-10(14-16)12(17)7-8-15(3)4/h7-9H,5-6H2,1-4H3/b8-7-. The Morgan fingerprint density at radius 1 is 1.42 bits per heavy atom. The third-order valence-electron chi connectivity index (χ3n) is 2.34. The second kappa shape index (κ2) is 6.72. The first-order valence-electron chi connectivity index (χ1n) is 6.13. The molecule has 1 aromatic heterocycles. The molecule has 0 spiro atoms. The Hall–Kier alpha value is -2.11. The highest BCUT2D eigenvalue weighted by Crippen LogP contribution is 2.08. The van der Waals surface area contributed by atoms with E-state index in [0.717, 1.165) is 0 Å². The van der Waals surface area contributed by atoms with E-state index in [1.807, 2.05) is 21.0 Å². The molecule has 0 saturated carbocycles. The van der Waals surface area contributed by atoms with Gasteiger partial charge < -0.3 is 9.64 Å². The van der Waals surface area contributed by atoms with E-state index in [-0.39, 0.29) is 18.1 Å². The lowest BCUT2D eigenvalue weighted by Gasteiger charge is -2.02. The van der Waals surface area contributed by atoms with E-state index in [9.17, 15) is 9.59 Å². The summed E-state index contributed by atoms with van der Waals surface area (Å²) < 4.78 is 6.39. The van der Waals surface area contributed by atoms with Gasteiger partial charge in [-0.25, -0.2) is 4.79 Å². The number of hydrogen-bond donors (Lipinski definition) is 0. The fourth-order valence-corrected chi connectivity index (χ4v) is 1.45. The van der Waals surface area contributed by atoms with Crippen molar-refractivity contribution in [1.29, 1.82) is 0 Å². The molecule has 0 aliphatic carbocycles. The molecule has 0 unspecified atom stereocenters. The first-order chi connectivity index (χ1) is 8.99. The maximum atomic E-state index is 11.9. The lowest BCUT2D eigenvalue weighted by molar-refractivity contribution is 0.0512. The van der Waals surface area contributed by atoms with Gasteiger partial charge in [-0.1, -0.05) is 0 Å². The van der Waals surface area contributed by atoms with Crippen LogP contribution in [0.25, 0.3) is 0 Å². The van der Waals surface area contributed by atoms with Crippen LogP contribution < -0.4 is 0 Å². The molecule has 0 amide bonds. The third kappa shape index (κ3) is 3.94. The molecule has 0 bridgehead atoms. The second-order valence-corrected chi connectivity index (χ2v) is 4.09. The highest BCUT2D eigenvalue weighted by Gasteiger charge is 2.18. The molecule has 1 aromatic rings. The topological polar surface area (TPSA) is 64.4 Å². The summed E-state index contributed by atoms with van der Waals surface area (Å²) in [7, 11) is 3.64. The molecule has 19 heavy (non-hydrogen) atoms. The molecular formula is C13H19N3O3. The minimum atomic E-state index is -0.465. The fraction of sp³-hybridized carbons (Fsp3) is 0.462. The summed E-state index contributed by atoms with van der Waals surface area (Å²) in [6.07, 6.45) is 3.05. The Kier molecular flexibility index (Phi) is 5.29. The van der Waals surface area contributed by atoms with Gasteiger partial charge in [0.05, 0.1) is 6.61 Å². The molecule has 0 radical (unpaired) electrons. The Morgan fingerprint density at radius 3 is 2.63 bits per heavy atom. The van der Waals surface area contributed by atoms with Crippen LogP contribution in [0.1, 0.15) is 34.8 Å². The minimum absolute atomic E-state index is 0.239. The van der Waals surface area contributed by atoms with Gasteiger partial charge in [-0.2, -0.15) is 5.10 Å². The molecule has 0 N–H and O–H groups in total. The van der Waals surface area contributed by atoms with E-state index in [1.54, 1.807) is 18.0 Å². The fourth-order valence-electron chi connectivity index (χ4n) is 1.45. The normalized spacial score (nSPS) is 10.7. The Balaban J connectivity index is 2.99.